The van der Waals surface area contributed by atoms with Gasteiger partial charge in [-0.05, 0) is 19.3 Å². The fourth-order valence-electron chi connectivity index (χ4n) is 4.60. The van der Waals surface area contributed by atoms with Gasteiger partial charge in [-0.1, -0.05) is 88.0 Å². The minimum atomic E-state index is -2.68. The Hall–Kier alpha value is -0.193. The van der Waals surface area contributed by atoms with Crippen molar-refractivity contribution in [2.75, 3.05) is 0 Å². The van der Waals surface area contributed by atoms with Gasteiger partial charge in [0, 0.05) is 16.0 Å². The molecular formula is C22H44O3Si. The van der Waals surface area contributed by atoms with Gasteiger partial charge < -0.3 is 8.85 Å². The smallest absolute Gasteiger partial charge is 0.350 e. The van der Waals surface area contributed by atoms with Crippen molar-refractivity contribution in [2.24, 2.45) is 5.92 Å². The van der Waals surface area contributed by atoms with Crippen molar-refractivity contribution in [3.8, 4) is 0 Å². The van der Waals surface area contributed by atoms with Gasteiger partial charge in [-0.3, -0.25) is 4.79 Å². The van der Waals surface area contributed by atoms with Crippen LogP contribution in [0.25, 0.3) is 0 Å². The molecule has 1 heterocycles. The van der Waals surface area contributed by atoms with Crippen LogP contribution in [0.3, 0.4) is 0 Å². The van der Waals surface area contributed by atoms with E-state index in [1.807, 2.05) is 0 Å². The van der Waals surface area contributed by atoms with Crippen LogP contribution < -0.4 is 0 Å². The summed E-state index contributed by atoms with van der Waals surface area (Å²) in [5.41, 5.74) is 0. The maximum atomic E-state index is 13.5. The van der Waals surface area contributed by atoms with Crippen molar-refractivity contribution < 1.29 is 13.6 Å². The van der Waals surface area contributed by atoms with Gasteiger partial charge >= 0.3 is 8.56 Å². The van der Waals surface area contributed by atoms with E-state index < -0.39 is 8.56 Å². The number of Topliss-reactive ketones (excluding diaryl/α,β-unsaturated/α-hetero) is 1. The highest BCUT2D eigenvalue weighted by Crippen LogP contribution is 2.55. The minimum Gasteiger partial charge on any atom is -0.390 e. The predicted molar refractivity (Wildman–Crippen MR) is 113 cm³/mol. The first kappa shape index (κ1) is 23.8. The van der Waals surface area contributed by atoms with Gasteiger partial charge in [-0.15, -0.1) is 0 Å². The molecule has 0 unspecified atom stereocenters. The van der Waals surface area contributed by atoms with Crippen LogP contribution in [0.5, 0.6) is 0 Å². The Balaban J connectivity index is 3.48. The van der Waals surface area contributed by atoms with E-state index in [4.69, 9.17) is 8.85 Å². The number of rotatable bonds is 7. The molecule has 0 N–H and O–H groups in total. The second kappa shape index (κ2) is 9.34. The first-order valence-corrected chi connectivity index (χ1v) is 12.7. The summed E-state index contributed by atoms with van der Waals surface area (Å²) < 4.78 is 13.9. The van der Waals surface area contributed by atoms with Gasteiger partial charge in [0.2, 0.25) is 0 Å². The Bertz CT molecular complexity index is 433. The minimum absolute atomic E-state index is 0.00558. The van der Waals surface area contributed by atoms with Crippen molar-refractivity contribution in [2.45, 2.75) is 130 Å². The fraction of sp³-hybridized carbons (Fsp3) is 0.955. The van der Waals surface area contributed by atoms with Gasteiger partial charge in [0.25, 0.3) is 0 Å². The quantitative estimate of drug-likeness (QED) is 0.453. The molecule has 1 fully saturated rings. The van der Waals surface area contributed by atoms with Crippen LogP contribution in [0, 0.1) is 5.92 Å². The van der Waals surface area contributed by atoms with Crippen LogP contribution in [0.4, 0.5) is 0 Å². The molecule has 0 spiro atoms. The molecule has 26 heavy (non-hydrogen) atoms. The third-order valence-electron chi connectivity index (χ3n) is 5.72. The number of ketones is 1. The van der Waals surface area contributed by atoms with E-state index in [-0.39, 0.29) is 28.2 Å². The summed E-state index contributed by atoms with van der Waals surface area (Å²) in [4.78, 5) is 13.5. The van der Waals surface area contributed by atoms with Gasteiger partial charge in [0.15, 0.2) is 5.78 Å². The lowest BCUT2D eigenvalue weighted by atomic mass is 9.86. The zero-order valence-electron chi connectivity index (χ0n) is 18.9. The molecule has 3 nitrogen and oxygen atoms in total. The van der Waals surface area contributed by atoms with Gasteiger partial charge in [0.05, 0.1) is 6.10 Å². The molecule has 0 amide bonds. The van der Waals surface area contributed by atoms with E-state index in [0.717, 1.165) is 44.9 Å². The second-order valence-corrected chi connectivity index (χ2v) is 14.8. The average molecular weight is 385 g/mol. The molecule has 3 atom stereocenters. The van der Waals surface area contributed by atoms with Crippen molar-refractivity contribution >= 4 is 14.3 Å². The van der Waals surface area contributed by atoms with Gasteiger partial charge in [0.1, 0.15) is 6.10 Å². The molecule has 154 valence electrons. The maximum Gasteiger partial charge on any atom is 0.350 e. The molecule has 1 saturated heterocycles. The number of hydrogen-bond acceptors (Lipinski definition) is 3. The van der Waals surface area contributed by atoms with E-state index in [0.29, 0.717) is 5.78 Å². The second-order valence-electron chi connectivity index (χ2n) is 10.1. The Morgan fingerprint density at radius 1 is 0.808 bits per heavy atom. The zero-order chi connectivity index (χ0) is 20.2. The first-order chi connectivity index (χ1) is 11.9. The molecule has 0 radical (unpaired) electrons. The standard InChI is InChI=1S/C22H44O3Si/c1-10-13-16-17-18(14-11-2)24-26(21(4,5)6,22(7,8)9)25-19(15-12-3)20(17)23/h17-19H,10-16H2,1-9H3/t17-,18-,19+/m1/s1. The average Bonchev–Trinajstić information content (AvgIpc) is 2.62. The zero-order valence-corrected chi connectivity index (χ0v) is 19.9. The Labute approximate surface area is 163 Å². The molecule has 4 heteroatoms. The van der Waals surface area contributed by atoms with Crippen molar-refractivity contribution in [1.82, 2.24) is 0 Å². The molecule has 1 aliphatic rings. The summed E-state index contributed by atoms with van der Waals surface area (Å²) in [6, 6.07) is 0. The van der Waals surface area contributed by atoms with Crippen LogP contribution in [-0.2, 0) is 13.6 Å². The van der Waals surface area contributed by atoms with Crippen molar-refractivity contribution in [3.05, 3.63) is 0 Å². The van der Waals surface area contributed by atoms with Crippen LogP contribution in [-0.4, -0.2) is 26.6 Å². The molecule has 0 aromatic rings. The normalized spacial score (nSPS) is 27.4. The Morgan fingerprint density at radius 3 is 1.77 bits per heavy atom. The summed E-state index contributed by atoms with van der Waals surface area (Å²) in [6.07, 6.45) is 6.60. The van der Waals surface area contributed by atoms with Crippen LogP contribution in [0.1, 0.15) is 107 Å². The monoisotopic (exact) mass is 384 g/mol. The molecule has 0 aliphatic carbocycles. The summed E-state index contributed by atoms with van der Waals surface area (Å²) >= 11 is 0. The van der Waals surface area contributed by atoms with Gasteiger partial charge in [-0.2, -0.15) is 0 Å². The van der Waals surface area contributed by atoms with E-state index in [9.17, 15) is 4.79 Å². The molecular weight excluding hydrogens is 340 g/mol. The highest BCUT2D eigenvalue weighted by molar-refractivity contribution is 6.73. The number of unbranched alkanes of at least 4 members (excludes halogenated alkanes) is 1. The SMILES string of the molecule is CCCC[C@H]1C(=O)[C@H](CCC)O[Si](C(C)(C)C)(C(C)(C)C)O[C@@H]1CCC. The summed E-state index contributed by atoms with van der Waals surface area (Å²) in [5, 5.41) is -0.188. The lowest BCUT2D eigenvalue weighted by molar-refractivity contribution is -0.131. The predicted octanol–water partition coefficient (Wildman–Crippen LogP) is 6.79. The van der Waals surface area contributed by atoms with Crippen molar-refractivity contribution in [1.29, 1.82) is 0 Å². The third-order valence-corrected chi connectivity index (χ3v) is 10.9. The highest BCUT2D eigenvalue weighted by Gasteiger charge is 2.62. The Morgan fingerprint density at radius 2 is 1.35 bits per heavy atom. The molecule has 0 bridgehead atoms. The van der Waals surface area contributed by atoms with E-state index in [1.165, 1.54) is 0 Å². The lowest BCUT2D eigenvalue weighted by Crippen LogP contribution is -2.59. The lowest BCUT2D eigenvalue weighted by Gasteiger charge is -2.50. The molecule has 0 aromatic heterocycles. The van der Waals surface area contributed by atoms with Gasteiger partial charge in [-0.25, -0.2) is 0 Å². The molecule has 1 aliphatic heterocycles. The number of hydrogen-bond donors (Lipinski definition) is 0. The summed E-state index contributed by atoms with van der Waals surface area (Å²) in [6.45, 7) is 20.0. The number of carbonyl (C=O) groups is 1. The molecule has 0 saturated carbocycles. The molecule has 1 rings (SSSR count). The number of carbonyl (C=O) groups excluding carboxylic acids is 1. The van der Waals surface area contributed by atoms with E-state index >= 15 is 0 Å². The van der Waals surface area contributed by atoms with Crippen LogP contribution in [0.2, 0.25) is 10.1 Å². The largest absolute Gasteiger partial charge is 0.390 e. The molecule has 0 aromatic carbocycles. The maximum absolute atomic E-state index is 13.5. The fourth-order valence-corrected chi connectivity index (χ4v) is 9.66. The van der Waals surface area contributed by atoms with Crippen molar-refractivity contribution in [3.63, 3.8) is 0 Å². The highest BCUT2D eigenvalue weighted by atomic mass is 28.4. The summed E-state index contributed by atoms with van der Waals surface area (Å²) in [7, 11) is -2.68. The summed E-state index contributed by atoms with van der Waals surface area (Å²) in [5.74, 6) is 0.298. The first-order valence-electron chi connectivity index (χ1n) is 10.8. The third kappa shape index (κ3) is 4.99. The van der Waals surface area contributed by atoms with Crippen LogP contribution >= 0.6 is 0 Å². The Kier molecular flexibility index (Phi) is 8.56. The topological polar surface area (TPSA) is 35.5 Å². The van der Waals surface area contributed by atoms with E-state index in [2.05, 4.69) is 62.3 Å². The van der Waals surface area contributed by atoms with Crippen LogP contribution in [0.15, 0.2) is 0 Å². The van der Waals surface area contributed by atoms with E-state index in [1.54, 1.807) is 0 Å².